The summed E-state index contributed by atoms with van der Waals surface area (Å²) in [5.74, 6) is 0.330. The van der Waals surface area contributed by atoms with E-state index in [0.717, 1.165) is 0 Å². The zero-order valence-electron chi connectivity index (χ0n) is 10.3. The molecule has 0 unspecified atom stereocenters. The first-order valence-corrected chi connectivity index (χ1v) is 5.78. The maximum atomic E-state index is 11.1. The molecule has 0 atom stereocenters. The quantitative estimate of drug-likeness (QED) is 0.488. The van der Waals surface area contributed by atoms with Crippen molar-refractivity contribution < 1.29 is 9.66 Å². The van der Waals surface area contributed by atoms with Crippen molar-refractivity contribution in [3.63, 3.8) is 0 Å². The summed E-state index contributed by atoms with van der Waals surface area (Å²) in [5.41, 5.74) is 1.07. The van der Waals surface area contributed by atoms with Crippen molar-refractivity contribution in [2.75, 3.05) is 0 Å². The Labute approximate surface area is 114 Å². The summed E-state index contributed by atoms with van der Waals surface area (Å²) < 4.78 is 5.49. The number of nitro groups is 1. The molecular weight excluding hydrogens is 270 g/mol. The Morgan fingerprint density at radius 2 is 2.05 bits per heavy atom. The Bertz CT molecular complexity index is 646. The van der Waals surface area contributed by atoms with E-state index in [9.17, 15) is 10.1 Å². The molecule has 6 nitrogen and oxygen atoms in total. The predicted molar refractivity (Wildman–Crippen MR) is 69.7 cm³/mol. The molecule has 0 saturated carbocycles. The fraction of sp³-hybridized carbons (Fsp3) is 0.167. The molecule has 2 rings (SSSR count). The van der Waals surface area contributed by atoms with Crippen LogP contribution in [0.3, 0.4) is 0 Å². The van der Waals surface area contributed by atoms with E-state index in [1.54, 1.807) is 26.0 Å². The highest BCUT2D eigenvalue weighted by Crippen LogP contribution is 2.34. The molecular formula is C12H10ClN3O3. The smallest absolute Gasteiger partial charge is 0.314 e. The van der Waals surface area contributed by atoms with Gasteiger partial charge in [-0.2, -0.15) is 4.98 Å². The largest absolute Gasteiger partial charge is 0.431 e. The molecule has 0 aliphatic rings. The van der Waals surface area contributed by atoms with Crippen molar-refractivity contribution in [1.82, 2.24) is 9.97 Å². The lowest BCUT2D eigenvalue weighted by Crippen LogP contribution is -1.98. The second-order valence-electron chi connectivity index (χ2n) is 3.91. The SMILES string of the molecule is Cc1cnc(Cl)nc1Oc1cccc(C)c1[N+](=O)[O-]. The molecule has 0 aliphatic carbocycles. The molecule has 0 saturated heterocycles. The molecule has 7 heteroatoms. The number of nitrogens with zero attached hydrogens (tertiary/aromatic N) is 3. The van der Waals surface area contributed by atoms with Gasteiger partial charge in [0.05, 0.1) is 4.92 Å². The molecule has 0 spiro atoms. The van der Waals surface area contributed by atoms with Crippen molar-refractivity contribution in [3.8, 4) is 11.6 Å². The Kier molecular flexibility index (Phi) is 3.62. The van der Waals surface area contributed by atoms with Gasteiger partial charge in [0.25, 0.3) is 0 Å². The number of hydrogen-bond acceptors (Lipinski definition) is 5. The zero-order valence-corrected chi connectivity index (χ0v) is 11.0. The highest BCUT2D eigenvalue weighted by Gasteiger charge is 2.20. The topological polar surface area (TPSA) is 78.2 Å². The monoisotopic (exact) mass is 279 g/mol. The molecule has 0 radical (unpaired) electrons. The molecule has 0 N–H and O–H groups in total. The first-order chi connectivity index (χ1) is 8.99. The molecule has 98 valence electrons. The highest BCUT2D eigenvalue weighted by atomic mass is 35.5. The van der Waals surface area contributed by atoms with Crippen LogP contribution in [0, 0.1) is 24.0 Å². The number of aryl methyl sites for hydroxylation is 2. The zero-order chi connectivity index (χ0) is 14.0. The summed E-state index contributed by atoms with van der Waals surface area (Å²) in [6.07, 6.45) is 1.49. The lowest BCUT2D eigenvalue weighted by molar-refractivity contribution is -0.386. The first-order valence-electron chi connectivity index (χ1n) is 5.40. The van der Waals surface area contributed by atoms with Crippen LogP contribution in [0.25, 0.3) is 0 Å². The van der Waals surface area contributed by atoms with Gasteiger partial charge < -0.3 is 4.74 Å². The van der Waals surface area contributed by atoms with Crippen molar-refractivity contribution in [1.29, 1.82) is 0 Å². The summed E-state index contributed by atoms with van der Waals surface area (Å²) >= 11 is 5.68. The van der Waals surface area contributed by atoms with E-state index in [1.807, 2.05) is 0 Å². The number of aromatic nitrogens is 2. The van der Waals surface area contributed by atoms with E-state index in [-0.39, 0.29) is 22.6 Å². The minimum Gasteiger partial charge on any atom is -0.431 e. The Balaban J connectivity index is 2.46. The number of para-hydroxylation sites is 1. The summed E-state index contributed by atoms with van der Waals surface area (Å²) in [4.78, 5) is 18.3. The summed E-state index contributed by atoms with van der Waals surface area (Å²) in [6.45, 7) is 3.37. The van der Waals surface area contributed by atoms with E-state index < -0.39 is 4.92 Å². The molecule has 2 aromatic rings. The summed E-state index contributed by atoms with van der Waals surface area (Å²) in [7, 11) is 0. The average molecular weight is 280 g/mol. The molecule has 0 bridgehead atoms. The third kappa shape index (κ3) is 2.79. The van der Waals surface area contributed by atoms with Crippen molar-refractivity contribution >= 4 is 17.3 Å². The fourth-order valence-corrected chi connectivity index (χ4v) is 1.69. The van der Waals surface area contributed by atoms with Gasteiger partial charge in [0.15, 0.2) is 0 Å². The fourth-order valence-electron chi connectivity index (χ4n) is 1.56. The number of hydrogen-bond donors (Lipinski definition) is 0. The molecule has 0 aliphatic heterocycles. The van der Waals surface area contributed by atoms with Gasteiger partial charge in [-0.1, -0.05) is 12.1 Å². The van der Waals surface area contributed by atoms with Crippen LogP contribution in [-0.2, 0) is 0 Å². The summed E-state index contributed by atoms with van der Waals surface area (Å²) in [5, 5.41) is 11.1. The van der Waals surface area contributed by atoms with Gasteiger partial charge in [-0.05, 0) is 31.5 Å². The first kappa shape index (κ1) is 13.2. The maximum absolute atomic E-state index is 11.1. The highest BCUT2D eigenvalue weighted by molar-refractivity contribution is 6.28. The molecule has 0 fully saturated rings. The second-order valence-corrected chi connectivity index (χ2v) is 4.25. The summed E-state index contributed by atoms with van der Waals surface area (Å²) in [6, 6.07) is 4.83. The van der Waals surface area contributed by atoms with Gasteiger partial charge in [-0.3, -0.25) is 10.1 Å². The minimum atomic E-state index is -0.483. The van der Waals surface area contributed by atoms with Gasteiger partial charge in [-0.15, -0.1) is 0 Å². The Morgan fingerprint density at radius 3 is 2.74 bits per heavy atom. The standard InChI is InChI=1S/C12H10ClN3O3/c1-7-4-3-5-9(10(7)16(17)18)19-11-8(2)6-14-12(13)15-11/h3-6H,1-2H3. The van der Waals surface area contributed by atoms with Crippen molar-refractivity contribution in [3.05, 3.63) is 50.9 Å². The molecule has 1 aromatic heterocycles. The molecule has 1 heterocycles. The van der Waals surface area contributed by atoms with Gasteiger partial charge in [0.1, 0.15) is 0 Å². The van der Waals surface area contributed by atoms with Crippen LogP contribution in [0.4, 0.5) is 5.69 Å². The van der Waals surface area contributed by atoms with Gasteiger partial charge in [0.2, 0.25) is 16.9 Å². The van der Waals surface area contributed by atoms with Crippen LogP contribution < -0.4 is 4.74 Å². The normalized spacial score (nSPS) is 10.3. The van der Waals surface area contributed by atoms with Crippen LogP contribution in [0.2, 0.25) is 5.28 Å². The second kappa shape index (κ2) is 5.19. The van der Waals surface area contributed by atoms with E-state index in [2.05, 4.69) is 9.97 Å². The lowest BCUT2D eigenvalue weighted by Gasteiger charge is -2.08. The maximum Gasteiger partial charge on any atom is 0.314 e. The van der Waals surface area contributed by atoms with Gasteiger partial charge in [0, 0.05) is 17.3 Å². The van der Waals surface area contributed by atoms with Crippen LogP contribution in [-0.4, -0.2) is 14.9 Å². The van der Waals surface area contributed by atoms with Crippen LogP contribution in [0.15, 0.2) is 24.4 Å². The van der Waals surface area contributed by atoms with Gasteiger partial charge in [-0.25, -0.2) is 4.98 Å². The predicted octanol–water partition coefficient (Wildman–Crippen LogP) is 3.45. The van der Waals surface area contributed by atoms with Crippen LogP contribution >= 0.6 is 11.6 Å². The van der Waals surface area contributed by atoms with Crippen LogP contribution in [0.5, 0.6) is 11.6 Å². The minimum absolute atomic E-state index is 0.0240. The van der Waals surface area contributed by atoms with E-state index in [4.69, 9.17) is 16.3 Å². The van der Waals surface area contributed by atoms with E-state index >= 15 is 0 Å². The van der Waals surface area contributed by atoms with E-state index in [1.165, 1.54) is 12.3 Å². The van der Waals surface area contributed by atoms with Crippen LogP contribution in [0.1, 0.15) is 11.1 Å². The third-order valence-electron chi connectivity index (χ3n) is 2.49. The van der Waals surface area contributed by atoms with E-state index in [0.29, 0.717) is 11.1 Å². The van der Waals surface area contributed by atoms with Crippen molar-refractivity contribution in [2.24, 2.45) is 0 Å². The number of nitro benzene ring substituents is 1. The van der Waals surface area contributed by atoms with Crippen molar-refractivity contribution in [2.45, 2.75) is 13.8 Å². The van der Waals surface area contributed by atoms with Gasteiger partial charge >= 0.3 is 5.69 Å². The molecule has 19 heavy (non-hydrogen) atoms. The Morgan fingerprint density at radius 1 is 1.32 bits per heavy atom. The average Bonchev–Trinajstić information content (AvgIpc) is 2.33. The molecule has 1 aromatic carbocycles. The number of benzene rings is 1. The number of halogens is 1. The molecule has 0 amide bonds. The number of rotatable bonds is 3. The number of ether oxygens (including phenoxy) is 1. The third-order valence-corrected chi connectivity index (χ3v) is 2.67. The lowest BCUT2D eigenvalue weighted by atomic mass is 10.2. The Hall–Kier alpha value is -2.21.